The Morgan fingerprint density at radius 2 is 2.09 bits per heavy atom. The number of fused-ring (bicyclic) bond motifs is 3. The number of alkyl halides is 3. The summed E-state index contributed by atoms with van der Waals surface area (Å²) in [5.74, 6) is 0.101. The zero-order valence-electron chi connectivity index (χ0n) is 17.7. The molecule has 4 aromatic rings. The molecule has 1 aliphatic rings. The average Bonchev–Trinajstić information content (AvgIpc) is 3.39. The van der Waals surface area contributed by atoms with Gasteiger partial charge in [-0.15, -0.1) is 5.10 Å². The van der Waals surface area contributed by atoms with Crippen LogP contribution in [0.3, 0.4) is 0 Å². The second-order valence-electron chi connectivity index (χ2n) is 7.87. The van der Waals surface area contributed by atoms with E-state index < -0.39 is 17.8 Å². The van der Waals surface area contributed by atoms with Crippen LogP contribution in [-0.4, -0.2) is 47.9 Å². The number of hydrogen-bond acceptors (Lipinski definition) is 6. The first-order valence-electron chi connectivity index (χ1n) is 10.7. The van der Waals surface area contributed by atoms with Crippen LogP contribution in [-0.2, 0) is 17.5 Å². The Hall–Kier alpha value is -3.70. The Labute approximate surface area is 186 Å². The maximum atomic E-state index is 13.8. The Morgan fingerprint density at radius 1 is 1.24 bits per heavy atom. The summed E-state index contributed by atoms with van der Waals surface area (Å²) < 4.78 is 44.3. The molecule has 12 heteroatoms. The van der Waals surface area contributed by atoms with Crippen molar-refractivity contribution in [3.63, 3.8) is 0 Å². The molecule has 5 rings (SSSR count). The van der Waals surface area contributed by atoms with E-state index in [0.29, 0.717) is 30.9 Å². The molecule has 0 bridgehead atoms. The van der Waals surface area contributed by atoms with Gasteiger partial charge in [0.2, 0.25) is 11.9 Å². The van der Waals surface area contributed by atoms with Gasteiger partial charge >= 0.3 is 6.18 Å². The summed E-state index contributed by atoms with van der Waals surface area (Å²) in [5.41, 5.74) is -0.294. The standard InChI is InChI=1S/C21H21F3N8O/c1-2-31-11-12(10-26-31)17-29-18-13-6-5-7-14(21(22,23)24)16(13)28-20(32(18)30-17)27-15-8-3-4-9-25-19(15)33/h5-7,10-11,15H,2-4,8-9H2,1H3,(H,25,33)(H,27,28)/t15-/m1/s1. The highest BCUT2D eigenvalue weighted by Crippen LogP contribution is 2.36. The van der Waals surface area contributed by atoms with Crippen molar-refractivity contribution in [2.24, 2.45) is 0 Å². The number of hydrogen-bond donors (Lipinski definition) is 2. The molecule has 2 N–H and O–H groups in total. The molecule has 9 nitrogen and oxygen atoms in total. The molecule has 0 radical (unpaired) electrons. The Morgan fingerprint density at radius 3 is 2.85 bits per heavy atom. The van der Waals surface area contributed by atoms with Crippen molar-refractivity contribution in [3.8, 4) is 11.4 Å². The van der Waals surface area contributed by atoms with E-state index in [0.717, 1.165) is 18.9 Å². The van der Waals surface area contributed by atoms with Crippen LogP contribution in [0.4, 0.5) is 19.1 Å². The third-order valence-electron chi connectivity index (χ3n) is 5.66. The van der Waals surface area contributed by atoms with Crippen LogP contribution in [0, 0.1) is 0 Å². The van der Waals surface area contributed by atoms with Gasteiger partial charge in [-0.25, -0.2) is 9.97 Å². The second-order valence-corrected chi connectivity index (χ2v) is 7.87. The molecule has 3 aromatic heterocycles. The Bertz CT molecular complexity index is 1340. The minimum atomic E-state index is -4.60. The number of anilines is 1. The number of benzene rings is 1. The fourth-order valence-electron chi connectivity index (χ4n) is 3.96. The highest BCUT2D eigenvalue weighted by atomic mass is 19.4. The fourth-order valence-corrected chi connectivity index (χ4v) is 3.96. The molecular weight excluding hydrogens is 437 g/mol. The van der Waals surface area contributed by atoms with E-state index in [2.05, 4.69) is 30.8 Å². The second kappa shape index (κ2) is 8.01. The summed E-state index contributed by atoms with van der Waals surface area (Å²) in [6, 6.07) is 3.19. The molecule has 1 amide bonds. The lowest BCUT2D eigenvalue weighted by molar-refractivity contribution is -0.136. The van der Waals surface area contributed by atoms with E-state index in [1.807, 2.05) is 6.92 Å². The van der Waals surface area contributed by atoms with Crippen LogP contribution in [0.25, 0.3) is 27.9 Å². The van der Waals surface area contributed by atoms with E-state index in [1.54, 1.807) is 17.1 Å². The normalized spacial score (nSPS) is 17.3. The summed E-state index contributed by atoms with van der Waals surface area (Å²) >= 11 is 0. The number of halogens is 3. The van der Waals surface area contributed by atoms with Crippen molar-refractivity contribution in [2.45, 2.75) is 44.9 Å². The van der Waals surface area contributed by atoms with E-state index in [1.165, 1.54) is 16.6 Å². The van der Waals surface area contributed by atoms with Crippen LogP contribution in [0.5, 0.6) is 0 Å². The van der Waals surface area contributed by atoms with Gasteiger partial charge in [-0.1, -0.05) is 6.07 Å². The molecular formula is C21H21F3N8O. The highest BCUT2D eigenvalue weighted by Gasteiger charge is 2.34. The molecule has 1 atom stereocenters. The number of nitrogens with zero attached hydrogens (tertiary/aromatic N) is 6. The predicted octanol–water partition coefficient (Wildman–Crippen LogP) is 3.26. The van der Waals surface area contributed by atoms with Crippen LogP contribution in [0.15, 0.2) is 30.6 Å². The lowest BCUT2D eigenvalue weighted by Crippen LogP contribution is -2.38. The maximum absolute atomic E-state index is 13.8. The molecule has 1 aliphatic heterocycles. The van der Waals surface area contributed by atoms with Crippen LogP contribution >= 0.6 is 0 Å². The number of carbonyl (C=O) groups is 1. The van der Waals surface area contributed by atoms with Crippen LogP contribution in [0.2, 0.25) is 0 Å². The van der Waals surface area contributed by atoms with E-state index >= 15 is 0 Å². The van der Waals surface area contributed by atoms with Gasteiger partial charge in [0.1, 0.15) is 6.04 Å². The number of amides is 1. The highest BCUT2D eigenvalue weighted by molar-refractivity contribution is 5.95. The first-order valence-corrected chi connectivity index (χ1v) is 10.7. The molecule has 0 aliphatic carbocycles. The topological polar surface area (TPSA) is 102 Å². The van der Waals surface area contributed by atoms with Crippen LogP contribution < -0.4 is 10.6 Å². The molecule has 33 heavy (non-hydrogen) atoms. The van der Waals surface area contributed by atoms with Gasteiger partial charge < -0.3 is 10.6 Å². The molecule has 0 spiro atoms. The van der Waals surface area contributed by atoms with Crippen molar-refractivity contribution < 1.29 is 18.0 Å². The number of nitrogens with one attached hydrogen (secondary N) is 2. The summed E-state index contributed by atoms with van der Waals surface area (Å²) in [6.45, 7) is 3.14. The van der Waals surface area contributed by atoms with Crippen molar-refractivity contribution in [1.82, 2.24) is 34.7 Å². The zero-order chi connectivity index (χ0) is 23.2. The molecule has 1 saturated heterocycles. The molecule has 0 saturated carbocycles. The SMILES string of the molecule is CCn1cc(-c2nc3c4cccc(C(F)(F)F)c4nc(N[C@@H]4CCCCNC4=O)n3n2)cn1. The molecule has 1 aromatic carbocycles. The van der Waals surface area contributed by atoms with Gasteiger partial charge in [-0.3, -0.25) is 9.48 Å². The van der Waals surface area contributed by atoms with Gasteiger partial charge in [0.15, 0.2) is 11.5 Å². The third kappa shape index (κ3) is 3.85. The predicted molar refractivity (Wildman–Crippen MR) is 114 cm³/mol. The smallest absolute Gasteiger partial charge is 0.354 e. The summed E-state index contributed by atoms with van der Waals surface area (Å²) in [4.78, 5) is 21.3. The third-order valence-corrected chi connectivity index (χ3v) is 5.66. The fraction of sp³-hybridized carbons (Fsp3) is 0.381. The van der Waals surface area contributed by atoms with Crippen molar-refractivity contribution in [3.05, 3.63) is 36.2 Å². The van der Waals surface area contributed by atoms with Crippen molar-refractivity contribution in [2.75, 3.05) is 11.9 Å². The lowest BCUT2D eigenvalue weighted by atomic mass is 10.1. The molecule has 1 fully saturated rings. The van der Waals surface area contributed by atoms with E-state index in [4.69, 9.17) is 0 Å². The number of para-hydroxylation sites is 1. The van der Waals surface area contributed by atoms with Crippen LogP contribution in [0.1, 0.15) is 31.7 Å². The Balaban J connectivity index is 1.72. The summed E-state index contributed by atoms with van der Waals surface area (Å²) in [7, 11) is 0. The number of rotatable bonds is 4. The minimum Gasteiger partial charge on any atom is -0.354 e. The number of aryl methyl sites for hydroxylation is 1. The molecule has 172 valence electrons. The average molecular weight is 458 g/mol. The lowest BCUT2D eigenvalue weighted by Gasteiger charge is -2.17. The van der Waals surface area contributed by atoms with E-state index in [-0.39, 0.29) is 28.4 Å². The minimum absolute atomic E-state index is 0.0258. The Kier molecular flexibility index (Phi) is 5.14. The van der Waals surface area contributed by atoms with Gasteiger partial charge in [0.05, 0.1) is 22.8 Å². The van der Waals surface area contributed by atoms with Gasteiger partial charge in [0, 0.05) is 24.7 Å². The molecule has 4 heterocycles. The largest absolute Gasteiger partial charge is 0.418 e. The zero-order valence-corrected chi connectivity index (χ0v) is 17.7. The van der Waals surface area contributed by atoms with Gasteiger partial charge in [-0.05, 0) is 38.3 Å². The van der Waals surface area contributed by atoms with Crippen molar-refractivity contribution in [1.29, 1.82) is 0 Å². The van der Waals surface area contributed by atoms with E-state index in [9.17, 15) is 18.0 Å². The summed E-state index contributed by atoms with van der Waals surface area (Å²) in [5, 5.41) is 14.8. The number of carbonyl (C=O) groups excluding carboxylic acids is 1. The maximum Gasteiger partial charge on any atom is 0.418 e. The molecule has 0 unspecified atom stereocenters. The summed E-state index contributed by atoms with van der Waals surface area (Å²) in [6.07, 6.45) is 0.904. The first kappa shape index (κ1) is 21.2. The quantitative estimate of drug-likeness (QED) is 0.487. The monoisotopic (exact) mass is 458 g/mol. The van der Waals surface area contributed by atoms with Crippen molar-refractivity contribution >= 4 is 28.4 Å². The van der Waals surface area contributed by atoms with Gasteiger partial charge in [-0.2, -0.15) is 22.8 Å². The first-order chi connectivity index (χ1) is 15.8. The number of aromatic nitrogens is 6. The van der Waals surface area contributed by atoms with Gasteiger partial charge in [0.25, 0.3) is 0 Å².